The van der Waals surface area contributed by atoms with Crippen LogP contribution in [0.4, 0.5) is 0 Å². The lowest BCUT2D eigenvalue weighted by atomic mass is 10.1. The summed E-state index contributed by atoms with van der Waals surface area (Å²) in [7, 11) is -5.30. The molecule has 4 unspecified atom stereocenters. The monoisotopic (exact) mass is 518 g/mol. The van der Waals surface area contributed by atoms with E-state index in [1.165, 1.54) is 13.8 Å². The molecular weight excluding hydrogens is 490 g/mol. The molecule has 0 fully saturated rings. The van der Waals surface area contributed by atoms with E-state index in [0.717, 1.165) is 22.3 Å². The summed E-state index contributed by atoms with van der Waals surface area (Å²) in [6, 6.07) is 34.2. The molecule has 0 aliphatic rings. The normalized spacial score (nSPS) is 14.5. The zero-order chi connectivity index (χ0) is 25.5. The van der Waals surface area contributed by atoms with Crippen LogP contribution >= 0.6 is 16.1 Å². The van der Waals surface area contributed by atoms with Gasteiger partial charge in [0.2, 0.25) is 16.1 Å². The molecule has 0 aliphatic carbocycles. The maximum Gasteiger partial charge on any atom is 0.221 e. The number of carbonyl (C=O) groups excluding carboxylic acids is 1. The molecule has 0 aliphatic heterocycles. The summed E-state index contributed by atoms with van der Waals surface area (Å²) in [5.74, 6) is -0.409. The van der Waals surface area contributed by atoms with Gasteiger partial charge in [-0.1, -0.05) is 84.9 Å². The third-order valence-electron chi connectivity index (χ3n) is 5.82. The quantitative estimate of drug-likeness (QED) is 0.231. The SMILES string of the molecule is CC(O[PH](=O)c1ccc(-c2ccccc2)cc1)C(=O)C(C)O[PH](=O)c1ccc(-c2ccccc2)cc1. The Hall–Kier alpha value is -3.07. The average Bonchev–Trinajstić information content (AvgIpc) is 2.93. The molecule has 0 aromatic heterocycles. The van der Waals surface area contributed by atoms with Crippen LogP contribution in [-0.2, 0) is 23.0 Å². The van der Waals surface area contributed by atoms with Crippen LogP contribution in [0.15, 0.2) is 109 Å². The van der Waals surface area contributed by atoms with Crippen molar-refractivity contribution in [2.24, 2.45) is 0 Å². The topological polar surface area (TPSA) is 69.7 Å². The summed E-state index contributed by atoms with van der Waals surface area (Å²) >= 11 is 0. The van der Waals surface area contributed by atoms with Gasteiger partial charge in [0.15, 0.2) is 5.78 Å². The highest BCUT2D eigenvalue weighted by molar-refractivity contribution is 7.48. The lowest BCUT2D eigenvalue weighted by Gasteiger charge is -2.17. The Balaban J connectivity index is 1.32. The maximum absolute atomic E-state index is 12.8. The zero-order valence-corrected chi connectivity index (χ0v) is 22.1. The van der Waals surface area contributed by atoms with Gasteiger partial charge in [-0.3, -0.25) is 13.9 Å². The van der Waals surface area contributed by atoms with E-state index in [4.69, 9.17) is 9.05 Å². The van der Waals surface area contributed by atoms with Crippen LogP contribution in [0.3, 0.4) is 0 Å². The Labute approximate surface area is 212 Å². The first-order chi connectivity index (χ1) is 17.4. The molecule has 184 valence electrons. The first-order valence-electron chi connectivity index (χ1n) is 11.7. The smallest absolute Gasteiger partial charge is 0.221 e. The molecule has 0 spiro atoms. The van der Waals surface area contributed by atoms with Gasteiger partial charge in [-0.15, -0.1) is 0 Å². The number of rotatable bonds is 10. The largest absolute Gasteiger partial charge is 0.316 e. The first-order valence-corrected chi connectivity index (χ1v) is 14.3. The average molecular weight is 518 g/mol. The standard InChI is InChI=1S/C29H28O5P2/c1-21(33-35(31)27-17-13-25(14-18-27)23-9-5-3-6-10-23)29(30)22(2)34-36(32)28-19-15-26(16-20-28)24-11-7-4-8-12-24/h3-22,35-36H,1-2H3. The molecule has 4 atom stereocenters. The van der Waals surface area contributed by atoms with Crippen molar-refractivity contribution in [1.82, 2.24) is 0 Å². The number of hydrogen-bond donors (Lipinski definition) is 0. The van der Waals surface area contributed by atoms with Crippen LogP contribution in [-0.4, -0.2) is 18.0 Å². The van der Waals surface area contributed by atoms with Crippen LogP contribution in [0.25, 0.3) is 22.3 Å². The lowest BCUT2D eigenvalue weighted by Crippen LogP contribution is -2.30. The predicted octanol–water partition coefficient (Wildman–Crippen LogP) is 6.30. The van der Waals surface area contributed by atoms with Gasteiger partial charge in [0, 0.05) is 10.6 Å². The van der Waals surface area contributed by atoms with Gasteiger partial charge >= 0.3 is 0 Å². The van der Waals surface area contributed by atoms with E-state index in [1.54, 1.807) is 24.3 Å². The van der Waals surface area contributed by atoms with Crippen LogP contribution in [0.1, 0.15) is 13.8 Å². The second-order valence-electron chi connectivity index (χ2n) is 8.38. The fourth-order valence-corrected chi connectivity index (χ4v) is 5.79. The molecule has 4 aromatic rings. The van der Waals surface area contributed by atoms with E-state index in [0.29, 0.717) is 10.6 Å². The molecule has 4 aromatic carbocycles. The number of Topliss-reactive ketones (excluding diaryl/α,β-unsaturated/α-hetero) is 1. The second-order valence-corrected chi connectivity index (χ2v) is 11.2. The van der Waals surface area contributed by atoms with Gasteiger partial charge in [-0.2, -0.15) is 0 Å². The van der Waals surface area contributed by atoms with Crippen molar-refractivity contribution in [3.63, 3.8) is 0 Å². The van der Waals surface area contributed by atoms with Gasteiger partial charge < -0.3 is 9.05 Å². The van der Waals surface area contributed by atoms with Gasteiger partial charge in [0.25, 0.3) is 0 Å². The van der Waals surface area contributed by atoms with E-state index in [2.05, 4.69) is 0 Å². The molecular formula is C29H28O5P2. The minimum Gasteiger partial charge on any atom is -0.316 e. The summed E-state index contributed by atoms with van der Waals surface area (Å²) < 4.78 is 36.6. The highest BCUT2D eigenvalue weighted by atomic mass is 31.1. The van der Waals surface area contributed by atoms with Crippen LogP contribution in [0, 0.1) is 0 Å². The predicted molar refractivity (Wildman–Crippen MR) is 147 cm³/mol. The number of carbonyl (C=O) groups is 1. The Morgan fingerprint density at radius 2 is 0.833 bits per heavy atom. The van der Waals surface area contributed by atoms with Gasteiger partial charge in [-0.25, -0.2) is 0 Å². The lowest BCUT2D eigenvalue weighted by molar-refractivity contribution is -0.130. The molecule has 0 saturated heterocycles. The highest BCUT2D eigenvalue weighted by Gasteiger charge is 2.25. The molecule has 0 radical (unpaired) electrons. The molecule has 5 nitrogen and oxygen atoms in total. The van der Waals surface area contributed by atoms with Gasteiger partial charge in [0.05, 0.1) is 0 Å². The van der Waals surface area contributed by atoms with Crippen molar-refractivity contribution in [1.29, 1.82) is 0 Å². The second kappa shape index (κ2) is 12.3. The minimum absolute atomic E-state index is 0.409. The van der Waals surface area contributed by atoms with E-state index in [-0.39, 0.29) is 0 Å². The van der Waals surface area contributed by atoms with Gasteiger partial charge in [-0.05, 0) is 60.4 Å². The summed E-state index contributed by atoms with van der Waals surface area (Å²) in [5.41, 5.74) is 4.12. The number of ketones is 1. The van der Waals surface area contributed by atoms with Crippen LogP contribution in [0.2, 0.25) is 0 Å². The molecule has 0 N–H and O–H groups in total. The summed E-state index contributed by atoms with van der Waals surface area (Å²) in [5, 5.41) is 1.06. The summed E-state index contributed by atoms with van der Waals surface area (Å²) in [4.78, 5) is 12.8. The van der Waals surface area contributed by atoms with Crippen molar-refractivity contribution in [2.45, 2.75) is 26.1 Å². The van der Waals surface area contributed by atoms with Crippen molar-refractivity contribution in [3.05, 3.63) is 109 Å². The molecule has 0 saturated carbocycles. The Bertz CT molecular complexity index is 1230. The van der Waals surface area contributed by atoms with Crippen molar-refractivity contribution < 1.29 is 23.0 Å². The third-order valence-corrected chi connectivity index (χ3v) is 8.57. The molecule has 36 heavy (non-hydrogen) atoms. The van der Waals surface area contributed by atoms with Crippen LogP contribution in [0.5, 0.6) is 0 Å². The molecule has 7 heteroatoms. The van der Waals surface area contributed by atoms with Crippen molar-refractivity contribution in [2.75, 3.05) is 0 Å². The number of hydrogen-bond acceptors (Lipinski definition) is 5. The fourth-order valence-electron chi connectivity index (χ4n) is 3.76. The van der Waals surface area contributed by atoms with Crippen molar-refractivity contribution in [3.8, 4) is 22.3 Å². The van der Waals surface area contributed by atoms with Crippen LogP contribution < -0.4 is 10.6 Å². The third kappa shape index (κ3) is 6.57. The first kappa shape index (κ1) is 26.0. The highest BCUT2D eigenvalue weighted by Crippen LogP contribution is 2.30. The van der Waals surface area contributed by atoms with E-state index in [1.807, 2.05) is 84.9 Å². The Morgan fingerprint density at radius 1 is 0.528 bits per heavy atom. The maximum atomic E-state index is 12.8. The fraction of sp³-hybridized carbons (Fsp3) is 0.138. The summed E-state index contributed by atoms with van der Waals surface area (Å²) in [6.45, 7) is 3.07. The Kier molecular flexibility index (Phi) is 8.85. The number of benzene rings is 4. The summed E-state index contributed by atoms with van der Waals surface area (Å²) in [6.07, 6.45) is -1.93. The van der Waals surface area contributed by atoms with Gasteiger partial charge in [0.1, 0.15) is 12.2 Å². The molecule has 0 heterocycles. The van der Waals surface area contributed by atoms with Crippen molar-refractivity contribution >= 4 is 32.4 Å². The molecule has 0 bridgehead atoms. The Morgan fingerprint density at radius 3 is 1.17 bits per heavy atom. The van der Waals surface area contributed by atoms with E-state index < -0.39 is 34.0 Å². The van der Waals surface area contributed by atoms with E-state index in [9.17, 15) is 13.9 Å². The molecule has 0 amide bonds. The zero-order valence-electron chi connectivity index (χ0n) is 20.1. The minimum atomic E-state index is -2.65. The molecule has 4 rings (SSSR count). The van der Waals surface area contributed by atoms with E-state index >= 15 is 0 Å².